The fraction of sp³-hybridized carbons (Fsp3) is 0.391. The van der Waals surface area contributed by atoms with Gasteiger partial charge in [-0.05, 0) is 48.7 Å². The molecule has 1 aliphatic rings. The smallest absolute Gasteiger partial charge is 0.252 e. The van der Waals surface area contributed by atoms with Gasteiger partial charge in [0.05, 0.1) is 4.90 Å². The average molecular weight is 478 g/mol. The molecule has 3 rings (SSSR count). The van der Waals surface area contributed by atoms with Crippen LogP contribution in [0.2, 0.25) is 5.02 Å². The van der Waals surface area contributed by atoms with Crippen LogP contribution in [0.4, 0.5) is 0 Å². The van der Waals surface area contributed by atoms with Crippen LogP contribution in [0.15, 0.2) is 53.4 Å². The van der Waals surface area contributed by atoms with Gasteiger partial charge in [0.1, 0.15) is 6.04 Å². The molecule has 32 heavy (non-hydrogen) atoms. The number of rotatable bonds is 6. The molecule has 1 heterocycles. The third kappa shape index (κ3) is 5.31. The van der Waals surface area contributed by atoms with Crippen LogP contribution in [0.5, 0.6) is 0 Å². The van der Waals surface area contributed by atoms with Crippen molar-refractivity contribution >= 4 is 33.4 Å². The molecule has 0 aliphatic carbocycles. The molecule has 0 saturated carbocycles. The minimum atomic E-state index is -3.66. The Kier molecular flexibility index (Phi) is 7.59. The van der Waals surface area contributed by atoms with Gasteiger partial charge in [0, 0.05) is 36.8 Å². The summed E-state index contributed by atoms with van der Waals surface area (Å²) in [7, 11) is -3.66. The monoisotopic (exact) mass is 477 g/mol. The van der Waals surface area contributed by atoms with Crippen molar-refractivity contribution in [3.63, 3.8) is 0 Å². The Balaban J connectivity index is 1.66. The van der Waals surface area contributed by atoms with E-state index in [1.165, 1.54) is 16.4 Å². The summed E-state index contributed by atoms with van der Waals surface area (Å²) in [4.78, 5) is 27.7. The Morgan fingerprint density at radius 1 is 0.969 bits per heavy atom. The van der Waals surface area contributed by atoms with Gasteiger partial charge < -0.3 is 10.2 Å². The van der Waals surface area contributed by atoms with Crippen molar-refractivity contribution in [2.45, 2.75) is 31.7 Å². The van der Waals surface area contributed by atoms with E-state index >= 15 is 0 Å². The SMILES string of the molecule is Cc1ccccc1C(=O)N[C@H](C(=O)N1CCN(S(=O)(=O)c2ccc(Cl)cc2)CC1)C(C)C. The number of sulfonamides is 1. The van der Waals surface area contributed by atoms with Gasteiger partial charge in [-0.1, -0.05) is 43.6 Å². The first-order chi connectivity index (χ1) is 15.1. The van der Waals surface area contributed by atoms with Crippen LogP contribution in [0.25, 0.3) is 0 Å². The highest BCUT2D eigenvalue weighted by molar-refractivity contribution is 7.89. The highest BCUT2D eigenvalue weighted by Gasteiger charge is 2.34. The van der Waals surface area contributed by atoms with Crippen LogP contribution >= 0.6 is 11.6 Å². The second kappa shape index (κ2) is 10.0. The van der Waals surface area contributed by atoms with Gasteiger partial charge in [0.2, 0.25) is 15.9 Å². The number of benzene rings is 2. The van der Waals surface area contributed by atoms with Gasteiger partial charge in [-0.15, -0.1) is 0 Å². The zero-order valence-electron chi connectivity index (χ0n) is 18.4. The first-order valence-electron chi connectivity index (χ1n) is 10.5. The molecular formula is C23H28ClN3O4S. The molecule has 1 aliphatic heterocycles. The van der Waals surface area contributed by atoms with E-state index in [0.29, 0.717) is 10.6 Å². The standard InChI is InChI=1S/C23H28ClN3O4S/c1-16(2)21(25-22(28)20-7-5-4-6-17(20)3)23(29)26-12-14-27(15-13-26)32(30,31)19-10-8-18(24)9-11-19/h4-11,16,21H,12-15H2,1-3H3,(H,25,28)/t21-/m0/s1. The van der Waals surface area contributed by atoms with Gasteiger partial charge >= 0.3 is 0 Å². The van der Waals surface area contributed by atoms with Crippen LogP contribution in [0.1, 0.15) is 29.8 Å². The molecule has 0 bridgehead atoms. The van der Waals surface area contributed by atoms with E-state index in [1.807, 2.05) is 32.9 Å². The number of hydrogen-bond acceptors (Lipinski definition) is 4. The maximum atomic E-state index is 13.2. The highest BCUT2D eigenvalue weighted by atomic mass is 35.5. The zero-order chi connectivity index (χ0) is 23.5. The Morgan fingerprint density at radius 3 is 2.12 bits per heavy atom. The number of piperazine rings is 1. The van der Waals surface area contributed by atoms with Gasteiger partial charge in [-0.3, -0.25) is 9.59 Å². The molecule has 1 N–H and O–H groups in total. The summed E-state index contributed by atoms with van der Waals surface area (Å²) in [6.45, 7) is 6.50. The summed E-state index contributed by atoms with van der Waals surface area (Å²) >= 11 is 5.86. The predicted octanol–water partition coefficient (Wildman–Crippen LogP) is 2.94. The lowest BCUT2D eigenvalue weighted by atomic mass is 10.0. The molecule has 2 aromatic carbocycles. The lowest BCUT2D eigenvalue weighted by Crippen LogP contribution is -2.57. The molecular weight excluding hydrogens is 450 g/mol. The molecule has 0 spiro atoms. The number of aryl methyl sites for hydroxylation is 1. The van der Waals surface area contributed by atoms with Crippen LogP contribution in [0, 0.1) is 12.8 Å². The van der Waals surface area contributed by atoms with Crippen LogP contribution in [-0.2, 0) is 14.8 Å². The molecule has 172 valence electrons. The quantitative estimate of drug-likeness (QED) is 0.693. The first kappa shape index (κ1) is 24.2. The minimum absolute atomic E-state index is 0.119. The molecule has 0 aromatic heterocycles. The predicted molar refractivity (Wildman–Crippen MR) is 124 cm³/mol. The van der Waals surface area contributed by atoms with Crippen molar-refractivity contribution in [3.05, 3.63) is 64.7 Å². The second-order valence-corrected chi connectivity index (χ2v) is 10.6. The molecule has 2 amide bonds. The Hall–Kier alpha value is -2.42. The maximum absolute atomic E-state index is 13.2. The number of carbonyl (C=O) groups is 2. The number of amides is 2. The zero-order valence-corrected chi connectivity index (χ0v) is 20.0. The summed E-state index contributed by atoms with van der Waals surface area (Å²) in [5, 5.41) is 3.33. The van der Waals surface area contributed by atoms with E-state index in [2.05, 4.69) is 5.32 Å². The average Bonchev–Trinajstić information content (AvgIpc) is 2.77. The van der Waals surface area contributed by atoms with Crippen molar-refractivity contribution in [1.29, 1.82) is 0 Å². The Labute approximate surface area is 194 Å². The number of hydrogen-bond donors (Lipinski definition) is 1. The molecule has 7 nitrogen and oxygen atoms in total. The van der Waals surface area contributed by atoms with Gasteiger partial charge in [0.15, 0.2) is 0 Å². The van der Waals surface area contributed by atoms with E-state index < -0.39 is 16.1 Å². The summed E-state index contributed by atoms with van der Waals surface area (Å²) in [5.41, 5.74) is 1.37. The summed E-state index contributed by atoms with van der Waals surface area (Å²) in [6.07, 6.45) is 0. The summed E-state index contributed by atoms with van der Waals surface area (Å²) < 4.78 is 27.1. The molecule has 0 radical (unpaired) electrons. The van der Waals surface area contributed by atoms with Crippen molar-refractivity contribution in [1.82, 2.24) is 14.5 Å². The van der Waals surface area contributed by atoms with Gasteiger partial charge in [-0.25, -0.2) is 8.42 Å². The normalized spacial score (nSPS) is 16.1. The Morgan fingerprint density at radius 2 is 1.56 bits per heavy atom. The van der Waals surface area contributed by atoms with E-state index in [9.17, 15) is 18.0 Å². The topological polar surface area (TPSA) is 86.8 Å². The molecule has 1 atom stereocenters. The molecule has 2 aromatic rings. The Bertz CT molecular complexity index is 1080. The molecule has 1 fully saturated rings. The summed E-state index contributed by atoms with van der Waals surface area (Å²) in [5.74, 6) is -0.615. The van der Waals surface area contributed by atoms with Gasteiger partial charge in [-0.2, -0.15) is 4.31 Å². The van der Waals surface area contributed by atoms with Crippen LogP contribution in [0.3, 0.4) is 0 Å². The minimum Gasteiger partial charge on any atom is -0.340 e. The van der Waals surface area contributed by atoms with Crippen LogP contribution in [-0.4, -0.2) is 61.7 Å². The molecule has 0 unspecified atom stereocenters. The largest absolute Gasteiger partial charge is 0.340 e. The number of carbonyl (C=O) groups excluding carboxylic acids is 2. The van der Waals surface area contributed by atoms with Crippen molar-refractivity contribution < 1.29 is 18.0 Å². The van der Waals surface area contributed by atoms with E-state index in [1.54, 1.807) is 29.2 Å². The van der Waals surface area contributed by atoms with Crippen LogP contribution < -0.4 is 5.32 Å². The van der Waals surface area contributed by atoms with E-state index in [-0.39, 0.29) is 48.8 Å². The van der Waals surface area contributed by atoms with E-state index in [0.717, 1.165) is 5.56 Å². The number of nitrogens with zero attached hydrogens (tertiary/aromatic N) is 2. The summed E-state index contributed by atoms with van der Waals surface area (Å²) in [6, 6.07) is 12.6. The molecule has 9 heteroatoms. The number of halogens is 1. The first-order valence-corrected chi connectivity index (χ1v) is 12.3. The van der Waals surface area contributed by atoms with Crippen molar-refractivity contribution in [2.24, 2.45) is 5.92 Å². The highest BCUT2D eigenvalue weighted by Crippen LogP contribution is 2.20. The van der Waals surface area contributed by atoms with Crippen molar-refractivity contribution in [2.75, 3.05) is 26.2 Å². The fourth-order valence-corrected chi connectivity index (χ4v) is 5.21. The third-order valence-electron chi connectivity index (χ3n) is 5.61. The lowest BCUT2D eigenvalue weighted by molar-refractivity contribution is -0.135. The second-order valence-electron chi connectivity index (χ2n) is 8.19. The van der Waals surface area contributed by atoms with Crippen molar-refractivity contribution in [3.8, 4) is 0 Å². The molecule has 1 saturated heterocycles. The number of nitrogens with one attached hydrogen (secondary N) is 1. The lowest BCUT2D eigenvalue weighted by Gasteiger charge is -2.36. The third-order valence-corrected chi connectivity index (χ3v) is 7.78. The van der Waals surface area contributed by atoms with E-state index in [4.69, 9.17) is 11.6 Å². The van der Waals surface area contributed by atoms with Gasteiger partial charge in [0.25, 0.3) is 5.91 Å². The fourth-order valence-electron chi connectivity index (χ4n) is 3.66. The maximum Gasteiger partial charge on any atom is 0.252 e.